The predicted octanol–water partition coefficient (Wildman–Crippen LogP) is 3.50. The monoisotopic (exact) mass is 334 g/mol. The number of halogens is 1. The number of hydrogen-bond acceptors (Lipinski definition) is 4. The lowest BCUT2D eigenvalue weighted by Crippen LogP contribution is -2.45. The predicted molar refractivity (Wildman–Crippen MR) is 90.0 cm³/mol. The number of nitrogens with zero attached hydrogens (tertiary/aromatic N) is 2. The molecule has 3 fully saturated rings. The van der Waals surface area contributed by atoms with Gasteiger partial charge >= 0.3 is 0 Å². The summed E-state index contributed by atoms with van der Waals surface area (Å²) < 4.78 is 11.7. The van der Waals surface area contributed by atoms with Gasteiger partial charge in [0.15, 0.2) is 5.79 Å². The van der Waals surface area contributed by atoms with Crippen LogP contribution in [0, 0.1) is 0 Å². The van der Waals surface area contributed by atoms with Crippen LogP contribution in [0.25, 0.3) is 0 Å². The summed E-state index contributed by atoms with van der Waals surface area (Å²) in [4.78, 5) is 5.02. The van der Waals surface area contributed by atoms with Crippen LogP contribution in [0.2, 0.25) is 5.02 Å². The quantitative estimate of drug-likeness (QED) is 0.784. The molecule has 4 aliphatic heterocycles. The molecule has 1 spiro atoms. The number of fused-ring (bicyclic) bond motifs is 5. The molecule has 0 aliphatic carbocycles. The van der Waals surface area contributed by atoms with Crippen molar-refractivity contribution in [3.8, 4) is 0 Å². The molecule has 2 unspecified atom stereocenters. The van der Waals surface area contributed by atoms with E-state index in [9.17, 15) is 0 Å². The Bertz CT molecular complexity index is 634. The molecule has 4 heterocycles. The Hall–Kier alpha value is -0.810. The lowest BCUT2D eigenvalue weighted by atomic mass is 9.89. The minimum Gasteiger partial charge on any atom is -0.371 e. The van der Waals surface area contributed by atoms with Crippen LogP contribution in [-0.4, -0.2) is 44.0 Å². The van der Waals surface area contributed by atoms with Gasteiger partial charge in [-0.15, -0.1) is 0 Å². The summed E-state index contributed by atoms with van der Waals surface area (Å²) in [5, 5.41) is 0.943. The highest BCUT2D eigenvalue weighted by molar-refractivity contribution is 6.31. The molecular weight excluding hydrogens is 312 g/mol. The minimum atomic E-state index is -0.304. The van der Waals surface area contributed by atoms with Crippen LogP contribution >= 0.6 is 11.6 Å². The van der Waals surface area contributed by atoms with Gasteiger partial charge in [0, 0.05) is 48.7 Å². The molecule has 2 bridgehead atoms. The Morgan fingerprint density at radius 3 is 2.39 bits per heavy atom. The second-order valence-corrected chi connectivity index (χ2v) is 7.67. The lowest BCUT2D eigenvalue weighted by molar-refractivity contribution is -0.169. The number of benzene rings is 1. The maximum atomic E-state index is 6.55. The molecule has 3 saturated heterocycles. The molecule has 0 saturated carbocycles. The van der Waals surface area contributed by atoms with Gasteiger partial charge in [-0.1, -0.05) is 11.6 Å². The molecule has 4 aliphatic rings. The van der Waals surface area contributed by atoms with Crippen LogP contribution in [0.15, 0.2) is 12.1 Å². The number of piperidine rings is 1. The van der Waals surface area contributed by atoms with E-state index in [4.69, 9.17) is 21.1 Å². The average Bonchev–Trinajstić information content (AvgIpc) is 3.24. The third kappa shape index (κ3) is 2.02. The Balaban J connectivity index is 1.47. The van der Waals surface area contributed by atoms with Crippen LogP contribution < -0.4 is 4.90 Å². The van der Waals surface area contributed by atoms with Gasteiger partial charge in [-0.05, 0) is 43.1 Å². The molecule has 5 heteroatoms. The summed E-state index contributed by atoms with van der Waals surface area (Å²) in [6.07, 6.45) is 4.40. The topological polar surface area (TPSA) is 24.9 Å². The van der Waals surface area contributed by atoms with Gasteiger partial charge in [0.1, 0.15) is 0 Å². The van der Waals surface area contributed by atoms with Crippen LogP contribution in [0.1, 0.15) is 48.9 Å². The average molecular weight is 335 g/mol. The summed E-state index contributed by atoms with van der Waals surface area (Å²) in [6.45, 7) is 3.47. The van der Waals surface area contributed by atoms with Crippen molar-refractivity contribution in [2.45, 2.75) is 43.6 Å². The van der Waals surface area contributed by atoms with Gasteiger partial charge in [-0.3, -0.25) is 4.90 Å². The molecule has 2 atom stereocenters. The summed E-state index contributed by atoms with van der Waals surface area (Å²) in [5.74, 6) is -0.304. The third-order valence-corrected chi connectivity index (χ3v) is 6.58. The highest BCUT2D eigenvalue weighted by Crippen LogP contribution is 2.57. The van der Waals surface area contributed by atoms with Crippen molar-refractivity contribution in [2.24, 2.45) is 0 Å². The zero-order valence-electron chi connectivity index (χ0n) is 13.6. The van der Waals surface area contributed by atoms with Crippen LogP contribution in [0.5, 0.6) is 0 Å². The molecule has 1 aromatic carbocycles. The Kier molecular flexibility index (Phi) is 3.22. The van der Waals surface area contributed by atoms with Gasteiger partial charge in [-0.25, -0.2) is 0 Å². The molecule has 0 amide bonds. The van der Waals surface area contributed by atoms with Crippen molar-refractivity contribution in [2.75, 3.05) is 38.3 Å². The fourth-order valence-corrected chi connectivity index (χ4v) is 5.36. The molecule has 124 valence electrons. The first-order valence-electron chi connectivity index (χ1n) is 8.76. The summed E-state index contributed by atoms with van der Waals surface area (Å²) >= 11 is 6.55. The molecule has 23 heavy (non-hydrogen) atoms. The number of hydrogen-bond donors (Lipinski definition) is 0. The summed E-state index contributed by atoms with van der Waals surface area (Å²) in [5.41, 5.74) is 4.26. The van der Waals surface area contributed by atoms with E-state index in [0.29, 0.717) is 12.1 Å². The van der Waals surface area contributed by atoms with E-state index in [1.165, 1.54) is 29.7 Å². The maximum Gasteiger partial charge on any atom is 0.171 e. The Morgan fingerprint density at radius 1 is 1.04 bits per heavy atom. The SMILES string of the molecule is CN1C2CCC1c1c(N3CCC4(CC3)OCCO4)ccc(Cl)c12. The van der Waals surface area contributed by atoms with Crippen molar-refractivity contribution >= 4 is 17.3 Å². The first-order chi connectivity index (χ1) is 11.2. The standard InChI is InChI=1S/C18H23ClN2O2/c1-20-13-4-5-14(20)17-15(3-2-12(19)16(13)17)21-8-6-18(7-9-21)22-10-11-23-18/h2-3,13-14H,4-11H2,1H3. The smallest absolute Gasteiger partial charge is 0.171 e. The summed E-state index contributed by atoms with van der Waals surface area (Å²) in [7, 11) is 2.24. The van der Waals surface area contributed by atoms with Crippen molar-refractivity contribution in [3.63, 3.8) is 0 Å². The van der Waals surface area contributed by atoms with Crippen molar-refractivity contribution < 1.29 is 9.47 Å². The Labute approximate surface area is 142 Å². The van der Waals surface area contributed by atoms with E-state index in [0.717, 1.165) is 44.2 Å². The van der Waals surface area contributed by atoms with E-state index in [2.05, 4.69) is 29.0 Å². The zero-order valence-corrected chi connectivity index (χ0v) is 14.3. The number of anilines is 1. The van der Waals surface area contributed by atoms with E-state index in [-0.39, 0.29) is 5.79 Å². The molecule has 0 N–H and O–H groups in total. The van der Waals surface area contributed by atoms with E-state index >= 15 is 0 Å². The van der Waals surface area contributed by atoms with Gasteiger partial charge in [0.25, 0.3) is 0 Å². The maximum absolute atomic E-state index is 6.55. The molecule has 5 rings (SSSR count). The van der Waals surface area contributed by atoms with Crippen LogP contribution in [0.3, 0.4) is 0 Å². The normalized spacial score (nSPS) is 32.0. The van der Waals surface area contributed by atoms with Crippen LogP contribution in [-0.2, 0) is 9.47 Å². The fourth-order valence-electron chi connectivity index (χ4n) is 5.07. The van der Waals surface area contributed by atoms with Gasteiger partial charge < -0.3 is 14.4 Å². The van der Waals surface area contributed by atoms with E-state index < -0.39 is 0 Å². The van der Waals surface area contributed by atoms with Crippen molar-refractivity contribution in [1.29, 1.82) is 0 Å². The van der Waals surface area contributed by atoms with Gasteiger partial charge in [0.05, 0.1) is 13.2 Å². The molecule has 0 aromatic heterocycles. The summed E-state index contributed by atoms with van der Waals surface area (Å²) in [6, 6.07) is 5.38. The largest absolute Gasteiger partial charge is 0.371 e. The fraction of sp³-hybridized carbons (Fsp3) is 0.667. The molecule has 1 aromatic rings. The highest BCUT2D eigenvalue weighted by Gasteiger charge is 2.46. The highest BCUT2D eigenvalue weighted by atomic mass is 35.5. The van der Waals surface area contributed by atoms with Crippen LogP contribution in [0.4, 0.5) is 5.69 Å². The lowest BCUT2D eigenvalue weighted by Gasteiger charge is -2.40. The van der Waals surface area contributed by atoms with Gasteiger partial charge in [0.2, 0.25) is 0 Å². The Morgan fingerprint density at radius 2 is 1.70 bits per heavy atom. The molecular formula is C18H23ClN2O2. The first-order valence-corrected chi connectivity index (χ1v) is 9.13. The van der Waals surface area contributed by atoms with Gasteiger partial charge in [-0.2, -0.15) is 0 Å². The number of rotatable bonds is 1. The molecule has 4 nitrogen and oxygen atoms in total. The zero-order chi connectivity index (χ0) is 15.6. The number of ether oxygens (including phenoxy) is 2. The minimum absolute atomic E-state index is 0.304. The third-order valence-electron chi connectivity index (χ3n) is 6.25. The second kappa shape index (κ2) is 5.09. The van der Waals surface area contributed by atoms with E-state index in [1.807, 2.05) is 0 Å². The van der Waals surface area contributed by atoms with Crippen molar-refractivity contribution in [3.05, 3.63) is 28.3 Å². The first kappa shape index (κ1) is 14.5. The molecule has 0 radical (unpaired) electrons. The van der Waals surface area contributed by atoms with Crippen molar-refractivity contribution in [1.82, 2.24) is 4.90 Å². The van der Waals surface area contributed by atoms with E-state index in [1.54, 1.807) is 0 Å². The second-order valence-electron chi connectivity index (χ2n) is 7.26.